The number of piperazine rings is 1. The number of carbonyl (C=O) groups is 2. The number of anilines is 2. The van der Waals surface area contributed by atoms with Crippen LogP contribution in [0.25, 0.3) is 0 Å². The van der Waals surface area contributed by atoms with Crippen LogP contribution in [0.15, 0.2) is 29.6 Å². The van der Waals surface area contributed by atoms with Crippen molar-refractivity contribution in [3.8, 4) is 5.75 Å². The summed E-state index contributed by atoms with van der Waals surface area (Å²) in [6, 6.07) is 7.97. The normalized spacial score (nSPS) is 14.2. The van der Waals surface area contributed by atoms with E-state index in [4.69, 9.17) is 4.74 Å². The lowest BCUT2D eigenvalue weighted by Crippen LogP contribution is -2.49. The molecule has 0 unspecified atom stereocenters. The SMILES string of the molecule is COc1ccc(N2CCN(C(=O)Cc3csc(NC(C)=O)n3)CC2)cc1. The standard InChI is InChI=1S/C18H22N4O3S/c1-13(23)19-18-20-14(12-26-18)11-17(24)22-9-7-21(8-10-22)15-3-5-16(25-2)6-4-15/h3-6,12H,7-11H2,1-2H3,(H,19,20,23). The van der Waals surface area contributed by atoms with E-state index in [-0.39, 0.29) is 18.2 Å². The Morgan fingerprint density at radius 1 is 1.19 bits per heavy atom. The van der Waals surface area contributed by atoms with Crippen molar-refractivity contribution < 1.29 is 14.3 Å². The summed E-state index contributed by atoms with van der Waals surface area (Å²) in [6.45, 7) is 4.41. The van der Waals surface area contributed by atoms with Gasteiger partial charge in [-0.15, -0.1) is 11.3 Å². The molecule has 0 bridgehead atoms. The van der Waals surface area contributed by atoms with Gasteiger partial charge in [0.15, 0.2) is 5.13 Å². The average Bonchev–Trinajstić information content (AvgIpc) is 3.08. The number of hydrogen-bond donors (Lipinski definition) is 1. The van der Waals surface area contributed by atoms with E-state index in [1.165, 1.54) is 18.3 Å². The van der Waals surface area contributed by atoms with Gasteiger partial charge in [-0.25, -0.2) is 4.98 Å². The first kappa shape index (κ1) is 18.2. The second-order valence-electron chi connectivity index (χ2n) is 6.07. The van der Waals surface area contributed by atoms with Gasteiger partial charge >= 0.3 is 0 Å². The second-order valence-corrected chi connectivity index (χ2v) is 6.93. The Kier molecular flexibility index (Phi) is 5.72. The third kappa shape index (κ3) is 4.51. The molecule has 8 heteroatoms. The zero-order chi connectivity index (χ0) is 18.5. The minimum Gasteiger partial charge on any atom is -0.497 e. The zero-order valence-corrected chi connectivity index (χ0v) is 15.7. The number of nitrogens with one attached hydrogen (secondary N) is 1. The molecule has 7 nitrogen and oxygen atoms in total. The Balaban J connectivity index is 1.51. The number of rotatable bonds is 5. The molecule has 2 aromatic rings. The van der Waals surface area contributed by atoms with Gasteiger partial charge in [-0.3, -0.25) is 9.59 Å². The van der Waals surface area contributed by atoms with Crippen molar-refractivity contribution in [2.45, 2.75) is 13.3 Å². The van der Waals surface area contributed by atoms with Crippen molar-refractivity contribution in [3.05, 3.63) is 35.3 Å². The minimum absolute atomic E-state index is 0.0686. The van der Waals surface area contributed by atoms with Crippen LogP contribution >= 0.6 is 11.3 Å². The van der Waals surface area contributed by atoms with E-state index >= 15 is 0 Å². The van der Waals surface area contributed by atoms with Gasteiger partial charge in [0.1, 0.15) is 5.75 Å². The molecule has 1 aromatic carbocycles. The number of nitrogens with zero attached hydrogens (tertiary/aromatic N) is 3. The maximum absolute atomic E-state index is 12.5. The molecule has 0 radical (unpaired) electrons. The first-order valence-electron chi connectivity index (χ1n) is 8.44. The van der Waals surface area contributed by atoms with Crippen LogP contribution in [-0.4, -0.2) is 55.0 Å². The molecule has 0 spiro atoms. The third-order valence-electron chi connectivity index (χ3n) is 4.24. The second kappa shape index (κ2) is 8.18. The Bertz CT molecular complexity index is 767. The third-order valence-corrected chi connectivity index (χ3v) is 5.04. The van der Waals surface area contributed by atoms with E-state index in [0.717, 1.165) is 24.5 Å². The highest BCUT2D eigenvalue weighted by Gasteiger charge is 2.22. The van der Waals surface area contributed by atoms with Gasteiger partial charge in [-0.1, -0.05) is 0 Å². The van der Waals surface area contributed by atoms with Crippen LogP contribution in [-0.2, 0) is 16.0 Å². The van der Waals surface area contributed by atoms with Gasteiger partial charge in [-0.05, 0) is 24.3 Å². The van der Waals surface area contributed by atoms with E-state index in [1.54, 1.807) is 7.11 Å². The smallest absolute Gasteiger partial charge is 0.228 e. The van der Waals surface area contributed by atoms with Crippen LogP contribution in [0.2, 0.25) is 0 Å². The molecule has 1 aromatic heterocycles. The summed E-state index contributed by atoms with van der Waals surface area (Å²) in [5.74, 6) is 0.746. The number of methoxy groups -OCH3 is 1. The molecule has 1 aliphatic rings. The predicted molar refractivity (Wildman–Crippen MR) is 102 cm³/mol. The predicted octanol–water partition coefficient (Wildman–Crippen LogP) is 2.00. The van der Waals surface area contributed by atoms with Gasteiger partial charge in [0.25, 0.3) is 0 Å². The number of thiazole rings is 1. The van der Waals surface area contributed by atoms with Crippen molar-refractivity contribution in [1.29, 1.82) is 0 Å². The van der Waals surface area contributed by atoms with Crippen molar-refractivity contribution in [2.24, 2.45) is 0 Å². The van der Waals surface area contributed by atoms with Gasteiger partial charge in [0.05, 0.1) is 19.2 Å². The van der Waals surface area contributed by atoms with Crippen LogP contribution in [0.5, 0.6) is 5.75 Å². The highest BCUT2D eigenvalue weighted by Crippen LogP contribution is 2.21. The number of carbonyl (C=O) groups excluding carboxylic acids is 2. The maximum atomic E-state index is 12.5. The fourth-order valence-corrected chi connectivity index (χ4v) is 3.63. The Labute approximate surface area is 156 Å². The van der Waals surface area contributed by atoms with E-state index < -0.39 is 0 Å². The van der Waals surface area contributed by atoms with Gasteiger partial charge < -0.3 is 19.9 Å². The maximum Gasteiger partial charge on any atom is 0.228 e. The molecule has 0 saturated carbocycles. The summed E-state index contributed by atoms with van der Waals surface area (Å²) in [4.78, 5) is 32.0. The van der Waals surface area contributed by atoms with Crippen LogP contribution in [0, 0.1) is 0 Å². The number of amides is 2. The van der Waals surface area contributed by atoms with E-state index in [0.29, 0.717) is 23.9 Å². The molecular weight excluding hydrogens is 352 g/mol. The van der Waals surface area contributed by atoms with Crippen LogP contribution in [0.3, 0.4) is 0 Å². The molecule has 138 valence electrons. The van der Waals surface area contributed by atoms with E-state index in [1.807, 2.05) is 34.5 Å². The van der Waals surface area contributed by atoms with Gasteiger partial charge in [0.2, 0.25) is 11.8 Å². The fourth-order valence-electron chi connectivity index (χ4n) is 2.87. The molecule has 2 heterocycles. The lowest BCUT2D eigenvalue weighted by atomic mass is 10.2. The van der Waals surface area contributed by atoms with Crippen molar-refractivity contribution >= 4 is 34.0 Å². The van der Waals surface area contributed by atoms with Crippen molar-refractivity contribution in [2.75, 3.05) is 43.5 Å². The largest absolute Gasteiger partial charge is 0.497 e. The monoisotopic (exact) mass is 374 g/mol. The lowest BCUT2D eigenvalue weighted by Gasteiger charge is -2.36. The fraction of sp³-hybridized carbons (Fsp3) is 0.389. The van der Waals surface area contributed by atoms with Crippen molar-refractivity contribution in [1.82, 2.24) is 9.88 Å². The molecule has 1 saturated heterocycles. The summed E-state index contributed by atoms with van der Waals surface area (Å²) in [5.41, 5.74) is 1.83. The van der Waals surface area contributed by atoms with Crippen LogP contribution in [0.4, 0.5) is 10.8 Å². The number of hydrogen-bond acceptors (Lipinski definition) is 6. The first-order chi connectivity index (χ1) is 12.5. The number of ether oxygens (including phenoxy) is 1. The van der Waals surface area contributed by atoms with Crippen LogP contribution < -0.4 is 15.0 Å². The average molecular weight is 374 g/mol. The van der Waals surface area contributed by atoms with E-state index in [2.05, 4.69) is 15.2 Å². The summed E-state index contributed by atoms with van der Waals surface area (Å²) < 4.78 is 5.18. The Hall–Kier alpha value is -2.61. The summed E-state index contributed by atoms with van der Waals surface area (Å²) in [7, 11) is 1.65. The molecule has 0 atom stereocenters. The molecule has 0 aliphatic carbocycles. The molecular formula is C18H22N4O3S. The lowest BCUT2D eigenvalue weighted by molar-refractivity contribution is -0.130. The Morgan fingerprint density at radius 2 is 1.88 bits per heavy atom. The molecule has 1 N–H and O–H groups in total. The van der Waals surface area contributed by atoms with E-state index in [9.17, 15) is 9.59 Å². The minimum atomic E-state index is -0.160. The van der Waals surface area contributed by atoms with Gasteiger partial charge in [-0.2, -0.15) is 0 Å². The highest BCUT2D eigenvalue weighted by atomic mass is 32.1. The summed E-state index contributed by atoms with van der Waals surface area (Å²) in [5, 5.41) is 4.99. The zero-order valence-electron chi connectivity index (χ0n) is 14.9. The molecule has 2 amide bonds. The first-order valence-corrected chi connectivity index (χ1v) is 9.32. The van der Waals surface area contributed by atoms with Gasteiger partial charge in [0, 0.05) is 44.2 Å². The van der Waals surface area contributed by atoms with Crippen molar-refractivity contribution in [3.63, 3.8) is 0 Å². The highest BCUT2D eigenvalue weighted by molar-refractivity contribution is 7.13. The Morgan fingerprint density at radius 3 is 2.50 bits per heavy atom. The molecule has 1 aliphatic heterocycles. The summed E-state index contributed by atoms with van der Waals surface area (Å²) in [6.07, 6.45) is 0.263. The quantitative estimate of drug-likeness (QED) is 0.866. The summed E-state index contributed by atoms with van der Waals surface area (Å²) >= 11 is 1.33. The topological polar surface area (TPSA) is 74.8 Å². The molecule has 26 heavy (non-hydrogen) atoms. The number of aromatic nitrogens is 1. The van der Waals surface area contributed by atoms with Crippen LogP contribution in [0.1, 0.15) is 12.6 Å². The molecule has 1 fully saturated rings. The number of benzene rings is 1. The molecule has 3 rings (SSSR count).